The Balaban J connectivity index is 1.52. The van der Waals surface area contributed by atoms with E-state index in [2.05, 4.69) is 21.1 Å². The van der Waals surface area contributed by atoms with E-state index in [4.69, 9.17) is 0 Å². The highest BCUT2D eigenvalue weighted by atomic mass is 32.1. The highest BCUT2D eigenvalue weighted by molar-refractivity contribution is 7.12. The molecule has 2 heterocycles. The van der Waals surface area contributed by atoms with Crippen LogP contribution < -0.4 is 10.9 Å². The number of rotatable bonds is 9. The topological polar surface area (TPSA) is 82.9 Å². The molecule has 126 valence electrons. The zero-order valence-electron chi connectivity index (χ0n) is 13.0. The number of carbonyl (C=O) groups excluding carboxylic acids is 2. The maximum Gasteiger partial charge on any atom is 0.240 e. The minimum atomic E-state index is -0.154. The van der Waals surface area contributed by atoms with Gasteiger partial charge in [-0.3, -0.25) is 9.59 Å². The maximum atomic E-state index is 11.6. The van der Waals surface area contributed by atoms with E-state index in [1.807, 2.05) is 35.0 Å². The first kappa shape index (κ1) is 18.0. The minimum Gasteiger partial charge on any atom is -0.273 e. The molecule has 0 unspecified atom stereocenters. The predicted molar refractivity (Wildman–Crippen MR) is 98.6 cm³/mol. The molecule has 2 rings (SSSR count). The van der Waals surface area contributed by atoms with E-state index in [0.717, 1.165) is 9.75 Å². The Morgan fingerprint density at radius 1 is 0.875 bits per heavy atom. The van der Waals surface area contributed by atoms with E-state index >= 15 is 0 Å². The summed E-state index contributed by atoms with van der Waals surface area (Å²) in [4.78, 5) is 25.1. The van der Waals surface area contributed by atoms with Crippen LogP contribution in [0.4, 0.5) is 0 Å². The van der Waals surface area contributed by atoms with E-state index in [-0.39, 0.29) is 11.8 Å². The molecule has 2 N–H and O–H groups in total. The van der Waals surface area contributed by atoms with Crippen molar-refractivity contribution in [2.75, 3.05) is 0 Å². The summed E-state index contributed by atoms with van der Waals surface area (Å²) in [7, 11) is 0. The number of carbonyl (C=O) groups is 2. The summed E-state index contributed by atoms with van der Waals surface area (Å²) in [6, 6.07) is 7.67. The third-order valence-electron chi connectivity index (χ3n) is 2.91. The summed E-state index contributed by atoms with van der Waals surface area (Å²) in [5.41, 5.74) is 4.95. The van der Waals surface area contributed by atoms with Crippen LogP contribution in [-0.4, -0.2) is 24.2 Å². The van der Waals surface area contributed by atoms with Gasteiger partial charge in [0, 0.05) is 22.6 Å². The molecule has 0 aliphatic carbocycles. The van der Waals surface area contributed by atoms with Crippen LogP contribution in [0.2, 0.25) is 0 Å². The normalized spacial score (nSPS) is 11.2. The molecule has 2 aromatic rings. The lowest BCUT2D eigenvalue weighted by Gasteiger charge is -2.00. The van der Waals surface area contributed by atoms with Crippen molar-refractivity contribution in [2.24, 2.45) is 10.2 Å². The van der Waals surface area contributed by atoms with Crippen molar-refractivity contribution in [2.45, 2.75) is 25.7 Å². The third-order valence-corrected chi connectivity index (χ3v) is 4.52. The van der Waals surface area contributed by atoms with Crippen LogP contribution >= 0.6 is 22.7 Å². The molecular weight excluding hydrogens is 344 g/mol. The first-order valence-corrected chi connectivity index (χ1v) is 9.21. The average molecular weight is 362 g/mol. The predicted octanol–water partition coefficient (Wildman–Crippen LogP) is 2.97. The fourth-order valence-electron chi connectivity index (χ4n) is 1.75. The number of thiophene rings is 2. The molecule has 0 aromatic carbocycles. The summed E-state index contributed by atoms with van der Waals surface area (Å²) in [6.45, 7) is 0. The van der Waals surface area contributed by atoms with Gasteiger partial charge in [0.1, 0.15) is 0 Å². The lowest BCUT2D eigenvalue weighted by atomic mass is 10.2. The number of hydrogen-bond acceptors (Lipinski definition) is 6. The summed E-state index contributed by atoms with van der Waals surface area (Å²) in [6.07, 6.45) is 5.16. The minimum absolute atomic E-state index is 0.154. The summed E-state index contributed by atoms with van der Waals surface area (Å²) in [5.74, 6) is -0.308. The lowest BCUT2D eigenvalue weighted by molar-refractivity contribution is -0.123. The number of hydrazone groups is 2. The van der Waals surface area contributed by atoms with E-state index in [1.54, 1.807) is 35.1 Å². The van der Waals surface area contributed by atoms with Gasteiger partial charge in [-0.1, -0.05) is 12.1 Å². The summed E-state index contributed by atoms with van der Waals surface area (Å²) >= 11 is 3.10. The molecule has 0 fully saturated rings. The Morgan fingerprint density at radius 3 is 1.71 bits per heavy atom. The van der Waals surface area contributed by atoms with Gasteiger partial charge in [0.25, 0.3) is 0 Å². The van der Waals surface area contributed by atoms with Crippen LogP contribution in [-0.2, 0) is 9.59 Å². The first-order chi connectivity index (χ1) is 11.7. The van der Waals surface area contributed by atoms with E-state index in [1.165, 1.54) is 0 Å². The Morgan fingerprint density at radius 2 is 1.33 bits per heavy atom. The second-order valence-corrected chi connectivity index (χ2v) is 6.78. The first-order valence-electron chi connectivity index (χ1n) is 7.45. The molecule has 6 nitrogen and oxygen atoms in total. The van der Waals surface area contributed by atoms with Gasteiger partial charge in [0.05, 0.1) is 12.4 Å². The fourth-order valence-corrected chi connectivity index (χ4v) is 2.92. The van der Waals surface area contributed by atoms with Crippen LogP contribution in [0.25, 0.3) is 0 Å². The average Bonchev–Trinajstić information content (AvgIpc) is 3.25. The number of nitrogens with one attached hydrogen (secondary N) is 2. The van der Waals surface area contributed by atoms with Crippen LogP contribution in [0.1, 0.15) is 35.4 Å². The summed E-state index contributed by atoms with van der Waals surface area (Å²) in [5, 5.41) is 11.6. The van der Waals surface area contributed by atoms with Crippen molar-refractivity contribution in [3.8, 4) is 0 Å². The highest BCUT2D eigenvalue weighted by Gasteiger charge is 2.03. The van der Waals surface area contributed by atoms with Crippen molar-refractivity contribution >= 4 is 46.9 Å². The second kappa shape index (κ2) is 10.5. The Labute approximate surface area is 148 Å². The molecule has 0 spiro atoms. The van der Waals surface area contributed by atoms with E-state index < -0.39 is 0 Å². The molecule has 24 heavy (non-hydrogen) atoms. The number of unbranched alkanes of at least 4 members (excludes halogenated alkanes) is 1. The van der Waals surface area contributed by atoms with Gasteiger partial charge in [-0.15, -0.1) is 22.7 Å². The Hall–Kier alpha value is -2.32. The smallest absolute Gasteiger partial charge is 0.240 e. The number of hydrogen-bond donors (Lipinski definition) is 2. The lowest BCUT2D eigenvalue weighted by Crippen LogP contribution is -2.18. The Bertz CT molecular complexity index is 619. The van der Waals surface area contributed by atoms with Crippen molar-refractivity contribution in [1.29, 1.82) is 0 Å². The fraction of sp³-hybridized carbons (Fsp3) is 0.250. The van der Waals surface area contributed by atoms with Crippen molar-refractivity contribution in [3.05, 3.63) is 44.8 Å². The number of amides is 2. The van der Waals surface area contributed by atoms with Crippen molar-refractivity contribution in [3.63, 3.8) is 0 Å². The molecule has 0 bridgehead atoms. The zero-order valence-corrected chi connectivity index (χ0v) is 14.6. The van der Waals surface area contributed by atoms with Gasteiger partial charge >= 0.3 is 0 Å². The quantitative estimate of drug-likeness (QED) is 0.408. The molecule has 8 heteroatoms. The van der Waals surface area contributed by atoms with Gasteiger partial charge in [0.2, 0.25) is 11.8 Å². The number of nitrogens with zero attached hydrogens (tertiary/aromatic N) is 2. The second-order valence-electron chi connectivity index (χ2n) is 4.82. The monoisotopic (exact) mass is 362 g/mol. The van der Waals surface area contributed by atoms with Gasteiger partial charge in [0.15, 0.2) is 0 Å². The van der Waals surface area contributed by atoms with Gasteiger partial charge in [-0.25, -0.2) is 10.9 Å². The Kier molecular flexibility index (Phi) is 7.85. The van der Waals surface area contributed by atoms with Gasteiger partial charge < -0.3 is 0 Å². The molecule has 0 radical (unpaired) electrons. The van der Waals surface area contributed by atoms with Gasteiger partial charge in [-0.2, -0.15) is 10.2 Å². The largest absolute Gasteiger partial charge is 0.273 e. The SMILES string of the molecule is O=C(CCCCC(=O)N/N=C/c1cccs1)N/N=C/c1cccs1. The molecule has 0 aliphatic heterocycles. The van der Waals surface area contributed by atoms with Crippen LogP contribution in [0, 0.1) is 0 Å². The van der Waals surface area contributed by atoms with E-state index in [9.17, 15) is 9.59 Å². The van der Waals surface area contributed by atoms with Crippen molar-refractivity contribution < 1.29 is 9.59 Å². The molecule has 0 atom stereocenters. The molecule has 0 aliphatic rings. The third kappa shape index (κ3) is 7.30. The van der Waals surface area contributed by atoms with Crippen LogP contribution in [0.15, 0.2) is 45.2 Å². The van der Waals surface area contributed by atoms with Crippen molar-refractivity contribution in [1.82, 2.24) is 10.9 Å². The molecule has 0 saturated heterocycles. The van der Waals surface area contributed by atoms with Crippen LogP contribution in [0.5, 0.6) is 0 Å². The van der Waals surface area contributed by atoms with Gasteiger partial charge in [-0.05, 0) is 35.7 Å². The van der Waals surface area contributed by atoms with Crippen LogP contribution in [0.3, 0.4) is 0 Å². The molecule has 2 amide bonds. The molecular formula is C16H18N4O2S2. The summed E-state index contributed by atoms with van der Waals surface area (Å²) < 4.78 is 0. The standard InChI is InChI=1S/C16H18N4O2S2/c21-15(19-17-11-13-5-3-9-23-13)7-1-2-8-16(22)20-18-12-14-6-4-10-24-14/h3-6,9-12H,1-2,7-8H2,(H,19,21)(H,20,22)/b17-11+,18-12+. The van der Waals surface area contributed by atoms with E-state index in [0.29, 0.717) is 25.7 Å². The molecule has 0 saturated carbocycles. The maximum absolute atomic E-state index is 11.6. The zero-order chi connectivity index (χ0) is 17.0. The molecule has 2 aromatic heterocycles. The highest BCUT2D eigenvalue weighted by Crippen LogP contribution is 2.05.